The Kier molecular flexibility index (Phi) is 6.28. The minimum absolute atomic E-state index is 0.927. The molecule has 0 radical (unpaired) electrons. The van der Waals surface area contributed by atoms with Crippen molar-refractivity contribution in [3.63, 3.8) is 0 Å². The molecular formula is C16H21Br. The highest BCUT2D eigenvalue weighted by atomic mass is 79.9. The molecule has 0 heterocycles. The molecule has 0 fully saturated rings. The van der Waals surface area contributed by atoms with Crippen LogP contribution in [0.2, 0.25) is 0 Å². The lowest BCUT2D eigenvalue weighted by Gasteiger charge is -2.01. The summed E-state index contributed by atoms with van der Waals surface area (Å²) in [5.74, 6) is 0. The Labute approximate surface area is 114 Å². The van der Waals surface area contributed by atoms with Gasteiger partial charge in [0.1, 0.15) is 0 Å². The van der Waals surface area contributed by atoms with Gasteiger partial charge in [0.2, 0.25) is 0 Å². The van der Waals surface area contributed by atoms with Gasteiger partial charge in [0.25, 0.3) is 0 Å². The first-order chi connectivity index (χ1) is 8.11. The number of halogens is 1. The van der Waals surface area contributed by atoms with Crippen LogP contribution in [0.15, 0.2) is 41.5 Å². The molecular weight excluding hydrogens is 272 g/mol. The molecule has 0 atom stereocenters. The van der Waals surface area contributed by atoms with Crippen molar-refractivity contribution in [3.8, 4) is 0 Å². The van der Waals surface area contributed by atoms with Gasteiger partial charge in [-0.05, 0) is 44.7 Å². The Balaban J connectivity index is 2.57. The maximum Gasteiger partial charge on any atom is 0.0283 e. The van der Waals surface area contributed by atoms with Crippen molar-refractivity contribution in [1.29, 1.82) is 0 Å². The number of hydrogen-bond acceptors (Lipinski definition) is 0. The summed E-state index contributed by atoms with van der Waals surface area (Å²) >= 11 is 3.46. The molecule has 1 rings (SSSR count). The molecule has 0 amide bonds. The van der Waals surface area contributed by atoms with Gasteiger partial charge in [0.05, 0.1) is 0 Å². The highest BCUT2D eigenvalue weighted by Gasteiger charge is 1.93. The van der Waals surface area contributed by atoms with Crippen LogP contribution in [0.3, 0.4) is 0 Å². The number of rotatable bonds is 5. The quantitative estimate of drug-likeness (QED) is 0.480. The van der Waals surface area contributed by atoms with Gasteiger partial charge in [-0.3, -0.25) is 0 Å². The van der Waals surface area contributed by atoms with Gasteiger partial charge in [-0.2, -0.15) is 0 Å². The van der Waals surface area contributed by atoms with Crippen molar-refractivity contribution >= 4 is 22.0 Å². The van der Waals surface area contributed by atoms with Crippen LogP contribution in [0, 0.1) is 0 Å². The highest BCUT2D eigenvalue weighted by Crippen LogP contribution is 2.14. The van der Waals surface area contributed by atoms with Crippen LogP contribution >= 0.6 is 15.9 Å². The van der Waals surface area contributed by atoms with Crippen LogP contribution < -0.4 is 0 Å². The van der Waals surface area contributed by atoms with E-state index in [-0.39, 0.29) is 0 Å². The van der Waals surface area contributed by atoms with Crippen LogP contribution in [0.1, 0.15) is 44.7 Å². The number of hydrogen-bond donors (Lipinski definition) is 0. The zero-order valence-electron chi connectivity index (χ0n) is 11.0. The predicted octanol–water partition coefficient (Wildman–Crippen LogP) is 5.73. The largest absolute Gasteiger partial charge is 0.0876 e. The topological polar surface area (TPSA) is 0 Å². The molecule has 0 nitrogen and oxygen atoms in total. The molecule has 1 aromatic rings. The zero-order valence-corrected chi connectivity index (χ0v) is 12.5. The second-order valence-electron chi connectivity index (χ2n) is 4.69. The fourth-order valence-electron chi connectivity index (χ4n) is 1.65. The lowest BCUT2D eigenvalue weighted by molar-refractivity contribution is 0.975. The first kappa shape index (κ1) is 14.2. The van der Waals surface area contributed by atoms with Crippen molar-refractivity contribution in [2.24, 2.45) is 0 Å². The van der Waals surface area contributed by atoms with Crippen LogP contribution in [0.5, 0.6) is 0 Å². The van der Waals surface area contributed by atoms with Gasteiger partial charge in [0.15, 0.2) is 0 Å². The predicted molar refractivity (Wildman–Crippen MR) is 81.4 cm³/mol. The average Bonchev–Trinajstić information content (AvgIpc) is 2.29. The summed E-state index contributed by atoms with van der Waals surface area (Å²) in [5, 5.41) is 0.927. The smallest absolute Gasteiger partial charge is 0.0283 e. The summed E-state index contributed by atoms with van der Waals surface area (Å²) in [6, 6.07) is 8.70. The fourth-order valence-corrected chi connectivity index (χ4v) is 2.02. The summed E-state index contributed by atoms with van der Waals surface area (Å²) in [7, 11) is 0. The Bertz CT molecular complexity index is 392. The van der Waals surface area contributed by atoms with E-state index in [2.05, 4.69) is 73.1 Å². The Hall–Kier alpha value is -0.820. The number of allylic oxidation sites excluding steroid dienone is 3. The SMILES string of the molecule is CC(C)=CCCC(C)=Cc1ccc(CBr)cc1. The third-order valence-electron chi connectivity index (χ3n) is 2.64. The molecule has 0 aliphatic heterocycles. The lowest BCUT2D eigenvalue weighted by Crippen LogP contribution is -1.81. The summed E-state index contributed by atoms with van der Waals surface area (Å²) in [5.41, 5.74) is 5.46. The zero-order chi connectivity index (χ0) is 12.7. The maximum atomic E-state index is 3.46. The molecule has 0 bridgehead atoms. The van der Waals surface area contributed by atoms with Crippen LogP contribution in [0.4, 0.5) is 0 Å². The standard InChI is InChI=1S/C16H21Br/c1-13(2)5-4-6-14(3)11-15-7-9-16(12-17)10-8-15/h5,7-11H,4,6,12H2,1-3H3. The van der Waals surface area contributed by atoms with E-state index in [1.165, 1.54) is 22.3 Å². The molecule has 17 heavy (non-hydrogen) atoms. The molecule has 1 aromatic carbocycles. The van der Waals surface area contributed by atoms with Gasteiger partial charge in [-0.1, -0.05) is 63.5 Å². The van der Waals surface area contributed by atoms with Gasteiger partial charge < -0.3 is 0 Å². The van der Waals surface area contributed by atoms with Crippen molar-refractivity contribution in [2.45, 2.75) is 38.9 Å². The monoisotopic (exact) mass is 292 g/mol. The van der Waals surface area contributed by atoms with Gasteiger partial charge in [0, 0.05) is 5.33 Å². The first-order valence-electron chi connectivity index (χ1n) is 6.07. The van der Waals surface area contributed by atoms with Crippen LogP contribution in [0.25, 0.3) is 6.08 Å². The molecule has 0 aliphatic carbocycles. The van der Waals surface area contributed by atoms with E-state index < -0.39 is 0 Å². The number of alkyl halides is 1. The van der Waals surface area contributed by atoms with E-state index in [9.17, 15) is 0 Å². The molecule has 0 unspecified atom stereocenters. The van der Waals surface area contributed by atoms with Gasteiger partial charge in [-0.15, -0.1) is 0 Å². The van der Waals surface area contributed by atoms with Crippen LogP contribution in [-0.4, -0.2) is 0 Å². The highest BCUT2D eigenvalue weighted by molar-refractivity contribution is 9.08. The Morgan fingerprint density at radius 1 is 1.12 bits per heavy atom. The summed E-state index contributed by atoms with van der Waals surface area (Å²) < 4.78 is 0. The van der Waals surface area contributed by atoms with E-state index in [0.29, 0.717) is 0 Å². The lowest BCUT2D eigenvalue weighted by atomic mass is 10.1. The molecule has 92 valence electrons. The maximum absolute atomic E-state index is 3.46. The Morgan fingerprint density at radius 3 is 2.29 bits per heavy atom. The summed E-state index contributed by atoms with van der Waals surface area (Å²) in [6.07, 6.45) is 6.86. The van der Waals surface area contributed by atoms with E-state index in [4.69, 9.17) is 0 Å². The van der Waals surface area contributed by atoms with Crippen molar-refractivity contribution < 1.29 is 0 Å². The molecule has 0 spiro atoms. The Morgan fingerprint density at radius 2 is 1.76 bits per heavy atom. The van der Waals surface area contributed by atoms with E-state index in [1.807, 2.05) is 0 Å². The van der Waals surface area contributed by atoms with Crippen molar-refractivity contribution in [3.05, 3.63) is 52.6 Å². The molecule has 0 N–H and O–H groups in total. The first-order valence-corrected chi connectivity index (χ1v) is 7.19. The minimum atomic E-state index is 0.927. The second-order valence-corrected chi connectivity index (χ2v) is 5.25. The third kappa shape index (κ3) is 5.88. The minimum Gasteiger partial charge on any atom is -0.0876 e. The van der Waals surface area contributed by atoms with E-state index in [1.54, 1.807) is 0 Å². The van der Waals surface area contributed by atoms with E-state index in [0.717, 1.165) is 18.2 Å². The summed E-state index contributed by atoms with van der Waals surface area (Å²) in [4.78, 5) is 0. The summed E-state index contributed by atoms with van der Waals surface area (Å²) in [6.45, 7) is 6.51. The fraction of sp³-hybridized carbons (Fsp3) is 0.375. The third-order valence-corrected chi connectivity index (χ3v) is 3.29. The van der Waals surface area contributed by atoms with Crippen molar-refractivity contribution in [2.75, 3.05) is 0 Å². The van der Waals surface area contributed by atoms with Crippen LogP contribution in [-0.2, 0) is 5.33 Å². The van der Waals surface area contributed by atoms with Crippen molar-refractivity contribution in [1.82, 2.24) is 0 Å². The van der Waals surface area contributed by atoms with Gasteiger partial charge in [-0.25, -0.2) is 0 Å². The number of benzene rings is 1. The molecule has 0 saturated heterocycles. The van der Waals surface area contributed by atoms with Gasteiger partial charge >= 0.3 is 0 Å². The molecule has 0 aliphatic rings. The second kappa shape index (κ2) is 7.50. The van der Waals surface area contributed by atoms with E-state index >= 15 is 0 Å². The average molecular weight is 293 g/mol. The molecule has 0 aromatic heterocycles. The molecule has 1 heteroatoms. The normalized spacial score (nSPS) is 11.4. The molecule has 0 saturated carbocycles.